The van der Waals surface area contributed by atoms with Gasteiger partial charge in [-0.3, -0.25) is 0 Å². The first-order chi connectivity index (χ1) is 5.29. The molecule has 12 heavy (non-hydrogen) atoms. The lowest BCUT2D eigenvalue weighted by atomic mass is 10.5. The zero-order valence-electron chi connectivity index (χ0n) is 7.99. The maximum atomic E-state index is 9.64. The molecule has 6 heteroatoms. The van der Waals surface area contributed by atoms with E-state index >= 15 is 0 Å². The first kappa shape index (κ1) is 14.6. The molecule has 0 unspecified atom stereocenters. The van der Waals surface area contributed by atoms with Crippen LogP contribution in [0.25, 0.3) is 0 Å². The molecule has 0 spiro atoms. The summed E-state index contributed by atoms with van der Waals surface area (Å²) in [4.78, 5) is 20.7. The van der Waals surface area contributed by atoms with E-state index in [1.165, 1.54) is 4.90 Å². The first-order valence-corrected chi connectivity index (χ1v) is 5.19. The van der Waals surface area contributed by atoms with Crippen LogP contribution in [0.5, 0.6) is 0 Å². The smallest absolute Gasteiger partial charge is 0.0661 e. The molecule has 0 aliphatic heterocycles. The van der Waals surface area contributed by atoms with Gasteiger partial charge in [0.2, 0.25) is 0 Å². The van der Waals surface area contributed by atoms with Crippen molar-refractivity contribution in [1.82, 2.24) is 0 Å². The molecule has 0 fully saturated rings. The van der Waals surface area contributed by atoms with E-state index in [4.69, 9.17) is 0 Å². The van der Waals surface area contributed by atoms with Gasteiger partial charge in [0.25, 0.3) is 0 Å². The third-order valence-electron chi connectivity index (χ3n) is 0.454. The lowest BCUT2D eigenvalue weighted by molar-refractivity contribution is -0.836. The fourth-order valence-corrected chi connectivity index (χ4v) is 0.609. The second-order valence-corrected chi connectivity index (χ2v) is 3.93. The highest BCUT2D eigenvalue weighted by molar-refractivity contribution is 7.43. The predicted molar refractivity (Wildman–Crippen MR) is 42.6 cm³/mol. The Morgan fingerprint density at radius 2 is 1.67 bits per heavy atom. The largest absolute Gasteiger partial charge is 0.790 e. The monoisotopic (exact) mass is 198 g/mol. The molecule has 0 bridgehead atoms. The molecule has 0 atom stereocenters. The molecule has 5 nitrogen and oxygen atoms in total. The Bertz CT molecular complexity index is 131. The van der Waals surface area contributed by atoms with Crippen molar-refractivity contribution in [1.29, 1.82) is 0 Å². The van der Waals surface area contributed by atoms with Gasteiger partial charge in [0, 0.05) is 0 Å². The summed E-state index contributed by atoms with van der Waals surface area (Å²) in [6.45, 7) is 1.71. The Morgan fingerprint density at radius 1 is 1.33 bits per heavy atom. The molecule has 0 saturated heterocycles. The highest BCUT2D eigenvalue weighted by Crippen LogP contribution is 2.23. The fraction of sp³-hybridized carbons (Fsp3) is 1.00. The minimum absolute atomic E-state index is 0.00965. The van der Waals surface area contributed by atoms with E-state index in [1.54, 1.807) is 6.92 Å². The summed E-state index contributed by atoms with van der Waals surface area (Å²) in [5.41, 5.74) is 0. The molecule has 0 aliphatic carbocycles. The number of phosphoric acid groups is 1. The van der Waals surface area contributed by atoms with Gasteiger partial charge in [-0.05, 0) is 6.42 Å². The third-order valence-corrected chi connectivity index (χ3v) is 0.952. The van der Waals surface area contributed by atoms with E-state index < -0.39 is 7.82 Å². The molecule has 0 aromatic carbocycles. The molecular formula is C6H17NO4P-. The van der Waals surface area contributed by atoms with Crippen LogP contribution in [0.3, 0.4) is 0 Å². The predicted octanol–water partition coefficient (Wildman–Crippen LogP) is -2.00. The van der Waals surface area contributed by atoms with Crippen molar-refractivity contribution in [3.8, 4) is 0 Å². The molecule has 76 valence electrons. The van der Waals surface area contributed by atoms with Crippen molar-refractivity contribution in [2.75, 3.05) is 27.7 Å². The average Bonchev–Trinajstić information content (AvgIpc) is 1.80. The van der Waals surface area contributed by atoms with Crippen LogP contribution in [0.2, 0.25) is 0 Å². The fourth-order valence-electron chi connectivity index (χ4n) is 0.203. The van der Waals surface area contributed by atoms with Crippen molar-refractivity contribution in [2.45, 2.75) is 13.3 Å². The summed E-state index contributed by atoms with van der Waals surface area (Å²) in [7, 11) is 1.57. The van der Waals surface area contributed by atoms with E-state index in [1.807, 2.05) is 0 Å². The van der Waals surface area contributed by atoms with Crippen LogP contribution in [0.1, 0.15) is 13.3 Å². The maximum absolute atomic E-state index is 9.64. The van der Waals surface area contributed by atoms with Crippen LogP contribution in [-0.2, 0) is 9.09 Å². The van der Waals surface area contributed by atoms with Crippen molar-refractivity contribution < 1.29 is 23.8 Å². The minimum atomic E-state index is -4.68. The van der Waals surface area contributed by atoms with E-state index in [0.717, 1.165) is 0 Å². The minimum Gasteiger partial charge on any atom is -0.790 e. The average molecular weight is 198 g/mol. The maximum Gasteiger partial charge on any atom is 0.0661 e. The summed E-state index contributed by atoms with van der Waals surface area (Å²) >= 11 is 0. The summed E-state index contributed by atoms with van der Waals surface area (Å²) in [5.74, 6) is 0. The van der Waals surface area contributed by atoms with Crippen molar-refractivity contribution in [3.05, 3.63) is 0 Å². The molecule has 1 N–H and O–H groups in total. The Hall–Kier alpha value is 0.0700. The molecule has 0 heterocycles. The number of quaternary nitrogens is 1. The van der Waals surface area contributed by atoms with Gasteiger partial charge in [0.1, 0.15) is 0 Å². The van der Waals surface area contributed by atoms with Gasteiger partial charge >= 0.3 is 0 Å². The van der Waals surface area contributed by atoms with Gasteiger partial charge in [-0.15, -0.1) is 0 Å². The van der Waals surface area contributed by atoms with Crippen molar-refractivity contribution >= 4 is 7.82 Å². The van der Waals surface area contributed by atoms with Crippen LogP contribution in [0, 0.1) is 0 Å². The van der Waals surface area contributed by atoms with Crippen molar-refractivity contribution in [3.63, 3.8) is 0 Å². The zero-order chi connectivity index (χ0) is 10.2. The number of phosphoric ester groups is 1. The Labute approximate surface area is 73.6 Å². The summed E-state index contributed by atoms with van der Waals surface area (Å²) in [6.07, 6.45) is 0.536. The topological polar surface area (TPSA) is 76.9 Å². The molecule has 0 rings (SSSR count). The summed E-state index contributed by atoms with van der Waals surface area (Å²) < 4.78 is 13.5. The molecule has 0 amide bonds. The zero-order valence-corrected chi connectivity index (χ0v) is 8.89. The molecule has 0 aromatic heterocycles. The Balaban J connectivity index is 0. The molecule has 0 radical (unpaired) electrons. The highest BCUT2D eigenvalue weighted by atomic mass is 31.2. The first-order valence-electron chi connectivity index (χ1n) is 3.73. The number of hydrogen-bond donors (Lipinski definition) is 1. The van der Waals surface area contributed by atoms with Crippen molar-refractivity contribution in [2.24, 2.45) is 0 Å². The van der Waals surface area contributed by atoms with Gasteiger partial charge in [-0.25, -0.2) is 0 Å². The van der Waals surface area contributed by atoms with Crippen LogP contribution in [0.4, 0.5) is 0 Å². The SMILES string of the molecule is CCCOP(=O)([O-])[O-].C[NH+](C)C. The molecule has 0 saturated carbocycles. The summed E-state index contributed by atoms with van der Waals surface area (Å²) in [5, 5.41) is 0. The Kier molecular flexibility index (Phi) is 9.37. The molecule has 0 aromatic rings. The Morgan fingerprint density at radius 3 is 1.75 bits per heavy atom. The second kappa shape index (κ2) is 7.71. The molecule has 0 aliphatic rings. The lowest BCUT2D eigenvalue weighted by Crippen LogP contribution is -3.02. The van der Waals surface area contributed by atoms with Gasteiger partial charge in [-0.1, -0.05) is 6.92 Å². The van der Waals surface area contributed by atoms with E-state index in [9.17, 15) is 14.4 Å². The van der Waals surface area contributed by atoms with Crippen LogP contribution < -0.4 is 14.7 Å². The number of hydrogen-bond acceptors (Lipinski definition) is 4. The van der Waals surface area contributed by atoms with Gasteiger partial charge in [-0.2, -0.15) is 0 Å². The lowest BCUT2D eigenvalue weighted by Gasteiger charge is -2.28. The van der Waals surface area contributed by atoms with E-state index in [2.05, 4.69) is 25.7 Å². The quantitative estimate of drug-likeness (QED) is 0.532. The standard InChI is InChI=1S/C3H9N.C3H9O4P/c1-4(2)3;1-2-3-7-8(4,5)6/h1-3H3;2-3H2,1H3,(H2,4,5,6)/p-1. The third kappa shape index (κ3) is 32.2. The number of rotatable bonds is 3. The van der Waals surface area contributed by atoms with Gasteiger partial charge in [0.15, 0.2) is 0 Å². The summed E-state index contributed by atoms with van der Waals surface area (Å²) in [6, 6.07) is 0. The van der Waals surface area contributed by atoms with Crippen LogP contribution in [-0.4, -0.2) is 27.7 Å². The van der Waals surface area contributed by atoms with Crippen LogP contribution in [0.15, 0.2) is 0 Å². The van der Waals surface area contributed by atoms with Gasteiger partial charge in [0.05, 0.1) is 35.6 Å². The van der Waals surface area contributed by atoms with Crippen LogP contribution >= 0.6 is 7.82 Å². The molecular weight excluding hydrogens is 181 g/mol. The normalized spacial score (nSPS) is 10.9. The van der Waals surface area contributed by atoms with Gasteiger partial charge < -0.3 is 23.8 Å². The van der Waals surface area contributed by atoms with E-state index in [-0.39, 0.29) is 6.61 Å². The van der Waals surface area contributed by atoms with E-state index in [0.29, 0.717) is 6.42 Å². The number of nitrogens with one attached hydrogen (secondary N) is 1. The highest BCUT2D eigenvalue weighted by Gasteiger charge is 1.85. The second-order valence-electron chi connectivity index (χ2n) is 2.78.